The molecule has 0 aromatic heterocycles. The van der Waals surface area contributed by atoms with Gasteiger partial charge >= 0.3 is 6.18 Å². The van der Waals surface area contributed by atoms with Crippen molar-refractivity contribution in [3.63, 3.8) is 0 Å². The minimum Gasteiger partial charge on any atom is -0.484 e. The van der Waals surface area contributed by atoms with Crippen molar-refractivity contribution in [1.29, 1.82) is 0 Å². The summed E-state index contributed by atoms with van der Waals surface area (Å²) in [6.07, 6.45) is -4.33. The highest BCUT2D eigenvalue weighted by Gasteiger charge is 2.28. The Balaban J connectivity index is 2.06. The summed E-state index contributed by atoms with van der Waals surface area (Å²) in [6.45, 7) is 0.432. The number of benzene rings is 2. The largest absolute Gasteiger partial charge is 0.484 e. The molecule has 0 aliphatic rings. The molecular formula is C15H14F3NO. The van der Waals surface area contributed by atoms with Crippen LogP contribution in [0.2, 0.25) is 0 Å². The van der Waals surface area contributed by atoms with Gasteiger partial charge in [-0.15, -0.1) is 0 Å². The topological polar surface area (TPSA) is 21.3 Å². The Hall–Kier alpha value is -2.17. The molecule has 0 fully saturated rings. The maximum atomic E-state index is 12.1. The van der Waals surface area contributed by atoms with E-state index >= 15 is 0 Å². The molecule has 0 bridgehead atoms. The third kappa shape index (κ3) is 4.19. The van der Waals surface area contributed by atoms with Gasteiger partial charge in [-0.1, -0.05) is 18.2 Å². The molecule has 0 saturated heterocycles. The fourth-order valence-corrected chi connectivity index (χ4v) is 1.74. The predicted octanol–water partition coefficient (Wildman–Crippen LogP) is 4.68. The molecule has 0 aliphatic carbocycles. The molecule has 5 heteroatoms. The van der Waals surface area contributed by atoms with Crippen LogP contribution in [-0.4, -0.2) is 12.8 Å². The van der Waals surface area contributed by atoms with Crippen LogP contribution < -0.4 is 10.1 Å². The normalized spacial score (nSPS) is 11.2. The number of ether oxygens (including phenoxy) is 1. The number of anilines is 2. The zero-order valence-electron chi connectivity index (χ0n) is 10.9. The van der Waals surface area contributed by atoms with Crippen LogP contribution in [0.25, 0.3) is 0 Å². The molecule has 0 saturated carbocycles. The van der Waals surface area contributed by atoms with Gasteiger partial charge in [0.05, 0.1) is 0 Å². The Kier molecular flexibility index (Phi) is 4.17. The van der Waals surface area contributed by atoms with Crippen LogP contribution in [0, 0.1) is 6.92 Å². The van der Waals surface area contributed by atoms with E-state index in [1.807, 2.05) is 30.3 Å². The Bertz CT molecular complexity index is 567. The molecule has 0 aliphatic heterocycles. The number of rotatable bonds is 4. The van der Waals surface area contributed by atoms with E-state index in [1.54, 1.807) is 19.1 Å². The van der Waals surface area contributed by atoms with Crippen LogP contribution in [0.15, 0.2) is 48.5 Å². The van der Waals surface area contributed by atoms with Gasteiger partial charge in [-0.3, -0.25) is 0 Å². The van der Waals surface area contributed by atoms with E-state index in [0.717, 1.165) is 11.4 Å². The molecule has 2 rings (SSSR count). The molecule has 0 radical (unpaired) electrons. The van der Waals surface area contributed by atoms with Gasteiger partial charge in [0.2, 0.25) is 0 Å². The number of hydrogen-bond acceptors (Lipinski definition) is 2. The van der Waals surface area contributed by atoms with Crippen molar-refractivity contribution >= 4 is 11.4 Å². The molecule has 106 valence electrons. The highest BCUT2D eigenvalue weighted by Crippen LogP contribution is 2.26. The number of aryl methyl sites for hydroxylation is 1. The second kappa shape index (κ2) is 5.86. The van der Waals surface area contributed by atoms with Crippen LogP contribution in [-0.2, 0) is 0 Å². The predicted molar refractivity (Wildman–Crippen MR) is 72.5 cm³/mol. The number of nitrogens with one attached hydrogen (secondary N) is 1. The van der Waals surface area contributed by atoms with Crippen molar-refractivity contribution in [1.82, 2.24) is 0 Å². The molecule has 0 atom stereocenters. The molecule has 20 heavy (non-hydrogen) atoms. The van der Waals surface area contributed by atoms with Crippen molar-refractivity contribution in [2.24, 2.45) is 0 Å². The molecule has 1 N–H and O–H groups in total. The molecule has 2 nitrogen and oxygen atoms in total. The summed E-state index contributed by atoms with van der Waals surface area (Å²) in [5.41, 5.74) is 2.36. The molecule has 0 heterocycles. The van der Waals surface area contributed by atoms with Crippen LogP contribution in [0.5, 0.6) is 5.75 Å². The first-order valence-corrected chi connectivity index (χ1v) is 6.06. The first-order valence-electron chi connectivity index (χ1n) is 6.06. The molecule has 0 amide bonds. The number of alkyl halides is 3. The molecule has 2 aromatic carbocycles. The average molecular weight is 281 g/mol. The third-order valence-electron chi connectivity index (χ3n) is 2.63. The van der Waals surface area contributed by atoms with Crippen LogP contribution in [0.3, 0.4) is 0 Å². The zero-order valence-corrected chi connectivity index (χ0v) is 10.9. The summed E-state index contributed by atoms with van der Waals surface area (Å²) in [4.78, 5) is 0. The Morgan fingerprint density at radius 3 is 2.30 bits per heavy atom. The minimum absolute atomic E-state index is 0.237. The van der Waals surface area contributed by atoms with Crippen LogP contribution in [0.1, 0.15) is 5.56 Å². The van der Waals surface area contributed by atoms with Gasteiger partial charge in [0.25, 0.3) is 0 Å². The molecular weight excluding hydrogens is 267 g/mol. The molecule has 2 aromatic rings. The fourth-order valence-electron chi connectivity index (χ4n) is 1.74. The van der Waals surface area contributed by atoms with Crippen molar-refractivity contribution in [2.45, 2.75) is 13.1 Å². The van der Waals surface area contributed by atoms with Gasteiger partial charge in [0, 0.05) is 11.4 Å². The summed E-state index contributed by atoms with van der Waals surface area (Å²) in [5.74, 6) is 0.237. The lowest BCUT2D eigenvalue weighted by molar-refractivity contribution is -0.153. The highest BCUT2D eigenvalue weighted by atomic mass is 19.4. The van der Waals surface area contributed by atoms with E-state index in [2.05, 4.69) is 5.32 Å². The molecule has 0 unspecified atom stereocenters. The second-order valence-corrected chi connectivity index (χ2v) is 4.38. The van der Waals surface area contributed by atoms with E-state index in [9.17, 15) is 13.2 Å². The average Bonchev–Trinajstić information content (AvgIpc) is 2.38. The zero-order chi connectivity index (χ0) is 14.6. The van der Waals surface area contributed by atoms with Gasteiger partial charge in [0.15, 0.2) is 6.61 Å². The maximum absolute atomic E-state index is 12.1. The maximum Gasteiger partial charge on any atom is 0.422 e. The van der Waals surface area contributed by atoms with E-state index in [0.29, 0.717) is 5.56 Å². The Morgan fingerprint density at radius 1 is 1.00 bits per heavy atom. The lowest BCUT2D eigenvalue weighted by atomic mass is 10.2. The smallest absolute Gasteiger partial charge is 0.422 e. The van der Waals surface area contributed by atoms with Crippen LogP contribution >= 0.6 is 0 Å². The monoisotopic (exact) mass is 281 g/mol. The van der Waals surface area contributed by atoms with Crippen molar-refractivity contribution in [3.8, 4) is 5.75 Å². The standard InChI is InChI=1S/C15H14F3NO/c1-11-9-13(19-12-5-3-2-4-6-12)7-8-14(11)20-10-15(16,17)18/h2-9,19H,10H2,1H3. The number of para-hydroxylation sites is 1. The molecule has 0 spiro atoms. The summed E-state index contributed by atoms with van der Waals surface area (Å²) in [7, 11) is 0. The lowest BCUT2D eigenvalue weighted by Crippen LogP contribution is -2.19. The first kappa shape index (κ1) is 14.2. The van der Waals surface area contributed by atoms with E-state index in [4.69, 9.17) is 4.74 Å². The fraction of sp³-hybridized carbons (Fsp3) is 0.200. The summed E-state index contributed by atoms with van der Waals surface area (Å²) >= 11 is 0. The second-order valence-electron chi connectivity index (χ2n) is 4.38. The third-order valence-corrected chi connectivity index (χ3v) is 2.63. The summed E-state index contributed by atoms with van der Waals surface area (Å²) in [5, 5.41) is 3.17. The van der Waals surface area contributed by atoms with E-state index in [-0.39, 0.29) is 5.75 Å². The summed E-state index contributed by atoms with van der Waals surface area (Å²) in [6, 6.07) is 14.5. The van der Waals surface area contributed by atoms with Crippen LogP contribution in [0.4, 0.5) is 24.5 Å². The van der Waals surface area contributed by atoms with Gasteiger partial charge in [-0.05, 0) is 42.8 Å². The lowest BCUT2D eigenvalue weighted by Gasteiger charge is -2.13. The summed E-state index contributed by atoms with van der Waals surface area (Å²) < 4.78 is 41.1. The quantitative estimate of drug-likeness (QED) is 0.878. The van der Waals surface area contributed by atoms with Gasteiger partial charge in [-0.2, -0.15) is 13.2 Å². The highest BCUT2D eigenvalue weighted by molar-refractivity contribution is 5.61. The van der Waals surface area contributed by atoms with Gasteiger partial charge in [-0.25, -0.2) is 0 Å². The van der Waals surface area contributed by atoms with Crippen molar-refractivity contribution in [2.75, 3.05) is 11.9 Å². The first-order chi connectivity index (χ1) is 9.44. The van der Waals surface area contributed by atoms with Crippen molar-refractivity contribution < 1.29 is 17.9 Å². The van der Waals surface area contributed by atoms with Gasteiger partial charge in [0.1, 0.15) is 5.75 Å². The number of halogens is 3. The SMILES string of the molecule is Cc1cc(Nc2ccccc2)ccc1OCC(F)(F)F. The van der Waals surface area contributed by atoms with E-state index in [1.165, 1.54) is 6.07 Å². The van der Waals surface area contributed by atoms with Crippen molar-refractivity contribution in [3.05, 3.63) is 54.1 Å². The Labute approximate surface area is 115 Å². The number of hydrogen-bond donors (Lipinski definition) is 1. The van der Waals surface area contributed by atoms with Gasteiger partial charge < -0.3 is 10.1 Å². The van der Waals surface area contributed by atoms with E-state index < -0.39 is 12.8 Å². The Morgan fingerprint density at radius 2 is 1.70 bits per heavy atom. The minimum atomic E-state index is -4.33.